The molecule has 22 heavy (non-hydrogen) atoms. The normalized spacial score (nSPS) is 17.0. The summed E-state index contributed by atoms with van der Waals surface area (Å²) in [5.74, 6) is 0.0479. The van der Waals surface area contributed by atoms with E-state index in [0.717, 1.165) is 10.7 Å². The molecule has 1 saturated carbocycles. The monoisotopic (exact) mass is 315 g/mol. The predicted molar refractivity (Wildman–Crippen MR) is 88.8 cm³/mol. The maximum atomic E-state index is 12.4. The van der Waals surface area contributed by atoms with E-state index in [1.165, 1.54) is 24.6 Å². The lowest BCUT2D eigenvalue weighted by molar-refractivity contribution is -0.120. The van der Waals surface area contributed by atoms with Gasteiger partial charge in [0.25, 0.3) is 0 Å². The number of carbonyl (C=O) groups is 1. The summed E-state index contributed by atoms with van der Waals surface area (Å²) in [6.45, 7) is 3.94. The van der Waals surface area contributed by atoms with Crippen LogP contribution in [0.2, 0.25) is 0 Å². The SMILES string of the molecule is CC(Sc1nccn1C1CC1)C(=O)NC(C)c1ccccc1. The van der Waals surface area contributed by atoms with Gasteiger partial charge in [0.05, 0.1) is 11.3 Å². The zero-order valence-corrected chi connectivity index (χ0v) is 13.7. The van der Waals surface area contributed by atoms with Gasteiger partial charge in [0.2, 0.25) is 5.91 Å². The second kappa shape index (κ2) is 6.57. The molecule has 4 nitrogen and oxygen atoms in total. The van der Waals surface area contributed by atoms with Gasteiger partial charge in [0, 0.05) is 18.4 Å². The molecule has 1 aliphatic rings. The molecule has 5 heteroatoms. The molecule has 0 bridgehead atoms. The molecular weight excluding hydrogens is 294 g/mol. The van der Waals surface area contributed by atoms with Crippen LogP contribution in [0, 0.1) is 0 Å². The Morgan fingerprint density at radius 1 is 1.32 bits per heavy atom. The number of aromatic nitrogens is 2. The van der Waals surface area contributed by atoms with Gasteiger partial charge in [-0.2, -0.15) is 0 Å². The zero-order chi connectivity index (χ0) is 15.5. The average Bonchev–Trinajstić information content (AvgIpc) is 3.28. The smallest absolute Gasteiger partial charge is 0.233 e. The number of nitrogens with zero attached hydrogens (tertiary/aromatic N) is 2. The molecule has 1 heterocycles. The topological polar surface area (TPSA) is 46.9 Å². The van der Waals surface area contributed by atoms with Crippen molar-refractivity contribution in [3.05, 3.63) is 48.3 Å². The molecule has 1 aliphatic carbocycles. The number of carbonyl (C=O) groups excluding carboxylic acids is 1. The minimum atomic E-state index is -0.161. The fraction of sp³-hybridized carbons (Fsp3) is 0.412. The molecule has 2 atom stereocenters. The molecule has 2 aromatic rings. The van der Waals surface area contributed by atoms with Gasteiger partial charge < -0.3 is 9.88 Å². The van der Waals surface area contributed by atoms with Crippen LogP contribution in [-0.4, -0.2) is 20.7 Å². The molecule has 116 valence electrons. The van der Waals surface area contributed by atoms with Crippen LogP contribution in [0.5, 0.6) is 0 Å². The standard InChI is InChI=1S/C17H21N3OS/c1-12(14-6-4-3-5-7-14)19-16(21)13(2)22-17-18-10-11-20(17)15-8-9-15/h3-7,10-13,15H,8-9H2,1-2H3,(H,19,21). The summed E-state index contributed by atoms with van der Waals surface area (Å²) in [7, 11) is 0. The number of hydrogen-bond donors (Lipinski definition) is 1. The second-order valence-corrected chi connectivity index (χ2v) is 7.06. The molecule has 1 N–H and O–H groups in total. The summed E-state index contributed by atoms with van der Waals surface area (Å²) < 4.78 is 2.19. The van der Waals surface area contributed by atoms with E-state index >= 15 is 0 Å². The van der Waals surface area contributed by atoms with Crippen molar-refractivity contribution in [2.24, 2.45) is 0 Å². The van der Waals surface area contributed by atoms with Gasteiger partial charge >= 0.3 is 0 Å². The summed E-state index contributed by atoms with van der Waals surface area (Å²) in [6.07, 6.45) is 6.26. The van der Waals surface area contributed by atoms with Gasteiger partial charge in [-0.25, -0.2) is 4.98 Å². The van der Waals surface area contributed by atoms with E-state index in [1.54, 1.807) is 0 Å². The van der Waals surface area contributed by atoms with E-state index in [4.69, 9.17) is 0 Å². The number of rotatable bonds is 6. The molecular formula is C17H21N3OS. The van der Waals surface area contributed by atoms with Crippen LogP contribution in [0.15, 0.2) is 47.9 Å². The Hall–Kier alpha value is -1.75. The van der Waals surface area contributed by atoms with Crippen LogP contribution in [0.1, 0.15) is 44.3 Å². The van der Waals surface area contributed by atoms with Crippen LogP contribution in [0.25, 0.3) is 0 Å². The second-order valence-electron chi connectivity index (χ2n) is 5.75. The molecule has 1 fully saturated rings. The third kappa shape index (κ3) is 3.53. The Labute approximate surface area is 135 Å². The van der Waals surface area contributed by atoms with Crippen LogP contribution in [0.3, 0.4) is 0 Å². The van der Waals surface area contributed by atoms with Gasteiger partial charge in [0.1, 0.15) is 0 Å². The maximum absolute atomic E-state index is 12.4. The van der Waals surface area contributed by atoms with Crippen LogP contribution in [0.4, 0.5) is 0 Å². The number of imidazole rings is 1. The first-order valence-corrected chi connectivity index (χ1v) is 8.58. The summed E-state index contributed by atoms with van der Waals surface area (Å²) >= 11 is 1.53. The summed E-state index contributed by atoms with van der Waals surface area (Å²) in [5, 5.41) is 3.86. The van der Waals surface area contributed by atoms with Gasteiger partial charge in [-0.15, -0.1) is 0 Å². The molecule has 0 aliphatic heterocycles. The Bertz CT molecular complexity index is 636. The van der Waals surface area contributed by atoms with Crippen molar-refractivity contribution in [2.75, 3.05) is 0 Å². The Kier molecular flexibility index (Phi) is 4.52. The fourth-order valence-electron chi connectivity index (χ4n) is 2.39. The number of nitrogens with one attached hydrogen (secondary N) is 1. The highest BCUT2D eigenvalue weighted by Crippen LogP contribution is 2.38. The van der Waals surface area contributed by atoms with Crippen molar-refractivity contribution < 1.29 is 4.79 Å². The Balaban J connectivity index is 1.58. The fourth-order valence-corrected chi connectivity index (χ4v) is 3.33. The first kappa shape index (κ1) is 15.2. The van der Waals surface area contributed by atoms with Crippen LogP contribution >= 0.6 is 11.8 Å². The Morgan fingerprint density at radius 2 is 2.05 bits per heavy atom. The number of benzene rings is 1. The number of hydrogen-bond acceptors (Lipinski definition) is 3. The summed E-state index contributed by atoms with van der Waals surface area (Å²) in [4.78, 5) is 16.8. The maximum Gasteiger partial charge on any atom is 0.233 e. The van der Waals surface area contributed by atoms with Crippen molar-refractivity contribution in [2.45, 2.75) is 49.2 Å². The third-order valence-electron chi connectivity index (χ3n) is 3.88. The molecule has 0 saturated heterocycles. The molecule has 0 radical (unpaired) electrons. The van der Waals surface area contributed by atoms with Crippen molar-refractivity contribution in [1.29, 1.82) is 0 Å². The highest BCUT2D eigenvalue weighted by Gasteiger charge is 2.27. The van der Waals surface area contributed by atoms with Gasteiger partial charge in [-0.1, -0.05) is 42.1 Å². The Morgan fingerprint density at radius 3 is 2.73 bits per heavy atom. The van der Waals surface area contributed by atoms with Crippen molar-refractivity contribution in [3.8, 4) is 0 Å². The van der Waals surface area contributed by atoms with Crippen LogP contribution in [-0.2, 0) is 4.79 Å². The molecule has 0 spiro atoms. The predicted octanol–water partition coefficient (Wildman–Crippen LogP) is 3.58. The first-order chi connectivity index (χ1) is 10.6. The highest BCUT2D eigenvalue weighted by atomic mass is 32.2. The van der Waals surface area contributed by atoms with Crippen molar-refractivity contribution >= 4 is 17.7 Å². The lowest BCUT2D eigenvalue weighted by atomic mass is 10.1. The molecule has 2 unspecified atom stereocenters. The highest BCUT2D eigenvalue weighted by molar-refractivity contribution is 8.00. The van der Waals surface area contributed by atoms with Gasteiger partial charge in [-0.05, 0) is 32.3 Å². The van der Waals surface area contributed by atoms with E-state index in [1.807, 2.05) is 56.6 Å². The molecule has 3 rings (SSSR count). The lowest BCUT2D eigenvalue weighted by Gasteiger charge is -2.18. The van der Waals surface area contributed by atoms with E-state index in [0.29, 0.717) is 6.04 Å². The minimum Gasteiger partial charge on any atom is -0.349 e. The van der Waals surface area contributed by atoms with E-state index in [2.05, 4.69) is 14.9 Å². The largest absolute Gasteiger partial charge is 0.349 e. The number of amides is 1. The van der Waals surface area contributed by atoms with Crippen LogP contribution < -0.4 is 5.32 Å². The van der Waals surface area contributed by atoms with Gasteiger partial charge in [0.15, 0.2) is 5.16 Å². The van der Waals surface area contributed by atoms with E-state index in [9.17, 15) is 4.79 Å². The summed E-state index contributed by atoms with van der Waals surface area (Å²) in [6, 6.07) is 10.6. The van der Waals surface area contributed by atoms with Gasteiger partial charge in [-0.3, -0.25) is 4.79 Å². The van der Waals surface area contributed by atoms with Crippen molar-refractivity contribution in [3.63, 3.8) is 0 Å². The van der Waals surface area contributed by atoms with E-state index < -0.39 is 0 Å². The zero-order valence-electron chi connectivity index (χ0n) is 12.9. The minimum absolute atomic E-state index is 0.0138. The molecule has 1 aromatic carbocycles. The van der Waals surface area contributed by atoms with Crippen molar-refractivity contribution in [1.82, 2.24) is 14.9 Å². The summed E-state index contributed by atoms with van der Waals surface area (Å²) in [5.41, 5.74) is 1.12. The first-order valence-electron chi connectivity index (χ1n) is 7.70. The average molecular weight is 315 g/mol. The quantitative estimate of drug-likeness (QED) is 0.829. The number of thioether (sulfide) groups is 1. The van der Waals surface area contributed by atoms with E-state index in [-0.39, 0.29) is 17.2 Å². The lowest BCUT2D eigenvalue weighted by Crippen LogP contribution is -2.33. The molecule has 1 amide bonds. The molecule has 1 aromatic heterocycles. The third-order valence-corrected chi connectivity index (χ3v) is 4.98.